The highest BCUT2D eigenvalue weighted by molar-refractivity contribution is 5.98. The van der Waals surface area contributed by atoms with Gasteiger partial charge in [0.1, 0.15) is 5.75 Å². The van der Waals surface area contributed by atoms with Gasteiger partial charge in [0.15, 0.2) is 5.78 Å². The predicted molar refractivity (Wildman–Crippen MR) is 48.5 cm³/mol. The molecule has 1 rings (SSSR count). The molecule has 1 aromatic rings. The third-order valence-corrected chi connectivity index (χ3v) is 1.59. The summed E-state index contributed by atoms with van der Waals surface area (Å²) in [6.45, 7) is -0.264. The molecule has 1 amide bonds. The molecule has 5 heteroatoms. The molecular weight excluding hydrogens is 186 g/mol. The van der Waals surface area contributed by atoms with Crippen molar-refractivity contribution >= 4 is 11.9 Å². The van der Waals surface area contributed by atoms with Gasteiger partial charge in [-0.2, -0.15) is 0 Å². The molecule has 0 aromatic heterocycles. The maximum Gasteiger partial charge on any atom is 0.405 e. The molecular formula is C9H9NO4. The first kappa shape index (κ1) is 10.0. The number of hydrogen-bond donors (Lipinski definition) is 3. The van der Waals surface area contributed by atoms with Crippen LogP contribution in [0.4, 0.5) is 4.79 Å². The zero-order valence-electron chi connectivity index (χ0n) is 7.23. The van der Waals surface area contributed by atoms with Gasteiger partial charge in [0, 0.05) is 5.56 Å². The Kier molecular flexibility index (Phi) is 3.06. The number of phenols is 1. The molecule has 0 heterocycles. The maximum absolute atomic E-state index is 11.3. The van der Waals surface area contributed by atoms with Gasteiger partial charge in [-0.3, -0.25) is 4.79 Å². The minimum atomic E-state index is -1.24. The van der Waals surface area contributed by atoms with E-state index in [9.17, 15) is 9.59 Å². The Balaban J connectivity index is 2.61. The van der Waals surface area contributed by atoms with Crippen LogP contribution in [0.25, 0.3) is 0 Å². The summed E-state index contributed by atoms with van der Waals surface area (Å²) < 4.78 is 0. The summed E-state index contributed by atoms with van der Waals surface area (Å²) in [5.74, 6) is -0.278. The average Bonchev–Trinajstić information content (AvgIpc) is 2.15. The van der Waals surface area contributed by atoms with Crippen LogP contribution in [0.3, 0.4) is 0 Å². The number of aromatic hydroxyl groups is 1. The summed E-state index contributed by atoms with van der Waals surface area (Å²) in [7, 11) is 0. The van der Waals surface area contributed by atoms with Crippen LogP contribution in [0.2, 0.25) is 0 Å². The predicted octanol–water partition coefficient (Wildman–Crippen LogP) is 0.842. The largest absolute Gasteiger partial charge is 0.508 e. The van der Waals surface area contributed by atoms with Gasteiger partial charge in [0.25, 0.3) is 0 Å². The second-order valence-corrected chi connectivity index (χ2v) is 2.63. The lowest BCUT2D eigenvalue weighted by molar-refractivity contribution is 0.0987. The number of hydrogen-bond acceptors (Lipinski definition) is 3. The Morgan fingerprint density at radius 2 is 1.79 bits per heavy atom. The molecule has 74 valence electrons. The molecule has 0 saturated carbocycles. The van der Waals surface area contributed by atoms with Crippen molar-refractivity contribution in [3.8, 4) is 5.75 Å². The van der Waals surface area contributed by atoms with Crippen molar-refractivity contribution in [2.75, 3.05) is 6.54 Å². The average molecular weight is 195 g/mol. The van der Waals surface area contributed by atoms with E-state index in [4.69, 9.17) is 10.2 Å². The Morgan fingerprint density at radius 3 is 2.29 bits per heavy atom. The molecule has 0 spiro atoms. The lowest BCUT2D eigenvalue weighted by atomic mass is 10.1. The van der Waals surface area contributed by atoms with Crippen LogP contribution in [-0.2, 0) is 0 Å². The van der Waals surface area contributed by atoms with Crippen molar-refractivity contribution in [2.24, 2.45) is 0 Å². The summed E-state index contributed by atoms with van der Waals surface area (Å²) in [6.07, 6.45) is -1.24. The summed E-state index contributed by atoms with van der Waals surface area (Å²) in [4.78, 5) is 21.3. The number of Topliss-reactive ketones (excluding diaryl/α,β-unsaturated/α-hetero) is 1. The van der Waals surface area contributed by atoms with Crippen LogP contribution in [0.1, 0.15) is 10.4 Å². The molecule has 0 fully saturated rings. The minimum absolute atomic E-state index is 0.0627. The van der Waals surface area contributed by atoms with E-state index in [-0.39, 0.29) is 18.1 Å². The SMILES string of the molecule is O=C(O)NCC(=O)c1ccc(O)cc1. The van der Waals surface area contributed by atoms with Gasteiger partial charge in [-0.15, -0.1) is 0 Å². The van der Waals surface area contributed by atoms with Gasteiger partial charge in [0.05, 0.1) is 6.54 Å². The number of ketones is 1. The lowest BCUT2D eigenvalue weighted by Gasteiger charge is -2.00. The van der Waals surface area contributed by atoms with Gasteiger partial charge in [-0.1, -0.05) is 0 Å². The van der Waals surface area contributed by atoms with Gasteiger partial charge >= 0.3 is 6.09 Å². The van der Waals surface area contributed by atoms with Crippen LogP contribution >= 0.6 is 0 Å². The molecule has 0 atom stereocenters. The fraction of sp³-hybridized carbons (Fsp3) is 0.111. The summed E-state index contributed by atoms with van der Waals surface area (Å²) >= 11 is 0. The molecule has 0 bridgehead atoms. The van der Waals surface area contributed by atoms with Gasteiger partial charge in [-0.05, 0) is 24.3 Å². The highest BCUT2D eigenvalue weighted by Crippen LogP contribution is 2.09. The second kappa shape index (κ2) is 4.27. The van der Waals surface area contributed by atoms with E-state index in [0.29, 0.717) is 5.56 Å². The monoisotopic (exact) mass is 195 g/mol. The van der Waals surface area contributed by atoms with Crippen molar-refractivity contribution in [3.05, 3.63) is 29.8 Å². The third-order valence-electron chi connectivity index (χ3n) is 1.59. The lowest BCUT2D eigenvalue weighted by Crippen LogP contribution is -2.27. The standard InChI is InChI=1S/C9H9NO4/c11-7-3-1-6(2-4-7)8(12)5-10-9(13)14/h1-4,10-11H,5H2,(H,13,14). The highest BCUT2D eigenvalue weighted by Gasteiger charge is 2.06. The quantitative estimate of drug-likeness (QED) is 0.624. The number of carbonyl (C=O) groups is 2. The number of rotatable bonds is 3. The summed E-state index contributed by atoms with van der Waals surface area (Å²) in [6, 6.07) is 5.60. The van der Waals surface area contributed by atoms with Gasteiger partial charge < -0.3 is 15.5 Å². The molecule has 0 aliphatic rings. The van der Waals surface area contributed by atoms with Crippen LogP contribution in [0.15, 0.2) is 24.3 Å². The minimum Gasteiger partial charge on any atom is -0.508 e. The number of phenolic OH excluding ortho intramolecular Hbond substituents is 1. The van der Waals surface area contributed by atoms with Crippen molar-refractivity contribution in [1.29, 1.82) is 0 Å². The molecule has 0 radical (unpaired) electrons. The number of carboxylic acid groups (broad SMARTS) is 1. The number of carbonyl (C=O) groups excluding carboxylic acids is 1. The molecule has 1 aromatic carbocycles. The van der Waals surface area contributed by atoms with Crippen molar-refractivity contribution < 1.29 is 19.8 Å². The normalized spacial score (nSPS) is 9.43. The first-order chi connectivity index (χ1) is 6.59. The zero-order valence-corrected chi connectivity index (χ0v) is 7.23. The van der Waals surface area contributed by atoms with Crippen molar-refractivity contribution in [2.45, 2.75) is 0 Å². The van der Waals surface area contributed by atoms with Crippen LogP contribution in [0.5, 0.6) is 5.75 Å². The van der Waals surface area contributed by atoms with E-state index in [2.05, 4.69) is 0 Å². The fourth-order valence-electron chi connectivity index (χ4n) is 0.905. The number of nitrogens with one attached hydrogen (secondary N) is 1. The van der Waals surface area contributed by atoms with E-state index in [1.54, 1.807) is 0 Å². The summed E-state index contributed by atoms with van der Waals surface area (Å²) in [5, 5.41) is 19.1. The molecule has 0 aliphatic heterocycles. The highest BCUT2D eigenvalue weighted by atomic mass is 16.4. The van der Waals surface area contributed by atoms with E-state index in [1.807, 2.05) is 5.32 Å². The van der Waals surface area contributed by atoms with Gasteiger partial charge in [0.2, 0.25) is 0 Å². The maximum atomic E-state index is 11.3. The van der Waals surface area contributed by atoms with E-state index in [1.165, 1.54) is 24.3 Å². The first-order valence-electron chi connectivity index (χ1n) is 3.88. The van der Waals surface area contributed by atoms with Crippen LogP contribution < -0.4 is 5.32 Å². The first-order valence-corrected chi connectivity index (χ1v) is 3.88. The third kappa shape index (κ3) is 2.78. The van der Waals surface area contributed by atoms with E-state index in [0.717, 1.165) is 0 Å². The number of amides is 1. The number of benzene rings is 1. The molecule has 3 N–H and O–H groups in total. The topological polar surface area (TPSA) is 86.6 Å². The Bertz CT molecular complexity index is 344. The molecule has 0 unspecified atom stereocenters. The van der Waals surface area contributed by atoms with E-state index >= 15 is 0 Å². The van der Waals surface area contributed by atoms with Gasteiger partial charge in [-0.25, -0.2) is 4.79 Å². The Labute approximate surface area is 80.0 Å². The zero-order chi connectivity index (χ0) is 10.6. The second-order valence-electron chi connectivity index (χ2n) is 2.63. The molecule has 0 saturated heterocycles. The van der Waals surface area contributed by atoms with Crippen molar-refractivity contribution in [3.63, 3.8) is 0 Å². The summed E-state index contributed by atoms with van der Waals surface area (Å²) in [5.41, 5.74) is 0.358. The van der Waals surface area contributed by atoms with Crippen LogP contribution in [0, 0.1) is 0 Å². The Morgan fingerprint density at radius 1 is 1.21 bits per heavy atom. The van der Waals surface area contributed by atoms with Crippen molar-refractivity contribution in [1.82, 2.24) is 5.32 Å². The fourth-order valence-corrected chi connectivity index (χ4v) is 0.905. The van der Waals surface area contributed by atoms with E-state index < -0.39 is 6.09 Å². The Hall–Kier alpha value is -2.04. The smallest absolute Gasteiger partial charge is 0.405 e. The molecule has 0 aliphatic carbocycles. The molecule has 14 heavy (non-hydrogen) atoms. The van der Waals surface area contributed by atoms with Crippen LogP contribution in [-0.4, -0.2) is 28.6 Å². The molecule has 5 nitrogen and oxygen atoms in total.